The van der Waals surface area contributed by atoms with Gasteiger partial charge in [-0.15, -0.1) is 0 Å². The number of benzene rings is 1. The third kappa shape index (κ3) is 3.28. The summed E-state index contributed by atoms with van der Waals surface area (Å²) in [5.74, 6) is 1.69. The summed E-state index contributed by atoms with van der Waals surface area (Å²) in [6, 6.07) is 6.35. The van der Waals surface area contributed by atoms with Crippen LogP contribution in [0.1, 0.15) is 43.7 Å². The monoisotopic (exact) mass is 261 g/mol. The van der Waals surface area contributed by atoms with E-state index in [0.29, 0.717) is 5.92 Å². The highest BCUT2D eigenvalue weighted by molar-refractivity contribution is 5.77. The number of fused-ring (bicyclic) bond motifs is 1. The van der Waals surface area contributed by atoms with E-state index in [1.165, 1.54) is 17.5 Å². The van der Waals surface area contributed by atoms with Gasteiger partial charge < -0.3 is 10.1 Å². The van der Waals surface area contributed by atoms with Gasteiger partial charge in [0.2, 0.25) is 5.91 Å². The Morgan fingerprint density at radius 1 is 1.47 bits per heavy atom. The molecule has 1 aliphatic rings. The smallest absolute Gasteiger partial charge is 0.222 e. The topological polar surface area (TPSA) is 38.3 Å². The van der Waals surface area contributed by atoms with Gasteiger partial charge in [0.15, 0.2) is 0 Å². The summed E-state index contributed by atoms with van der Waals surface area (Å²) in [7, 11) is 1.70. The number of carbonyl (C=O) groups excluding carboxylic acids is 1. The van der Waals surface area contributed by atoms with Gasteiger partial charge in [0, 0.05) is 12.5 Å². The summed E-state index contributed by atoms with van der Waals surface area (Å²) in [4.78, 5) is 11.5. The van der Waals surface area contributed by atoms with E-state index in [4.69, 9.17) is 4.74 Å². The van der Waals surface area contributed by atoms with Gasteiger partial charge in [0.05, 0.1) is 7.11 Å². The number of nitrogens with one attached hydrogen (secondary N) is 1. The first-order valence-corrected chi connectivity index (χ1v) is 7.06. The van der Waals surface area contributed by atoms with Crippen LogP contribution >= 0.6 is 0 Å². The van der Waals surface area contributed by atoms with Gasteiger partial charge in [-0.25, -0.2) is 0 Å². The molecule has 1 aromatic carbocycles. The molecule has 19 heavy (non-hydrogen) atoms. The fraction of sp³-hybridized carbons (Fsp3) is 0.562. The predicted molar refractivity (Wildman–Crippen MR) is 76.5 cm³/mol. The molecule has 1 aliphatic carbocycles. The molecule has 1 aromatic rings. The minimum absolute atomic E-state index is 0.0657. The Morgan fingerprint density at radius 3 is 2.95 bits per heavy atom. The molecule has 0 fully saturated rings. The first-order valence-electron chi connectivity index (χ1n) is 7.06. The highest BCUT2D eigenvalue weighted by Gasteiger charge is 2.22. The number of ether oxygens (including phenoxy) is 1. The fourth-order valence-electron chi connectivity index (χ4n) is 2.67. The molecular weight excluding hydrogens is 238 g/mol. The Labute approximate surface area is 115 Å². The zero-order valence-corrected chi connectivity index (χ0v) is 12.0. The minimum atomic E-state index is 0.0657. The number of methoxy groups -OCH3 is 1. The lowest BCUT2D eigenvalue weighted by Crippen LogP contribution is -2.29. The van der Waals surface area contributed by atoms with Crippen LogP contribution < -0.4 is 10.1 Å². The first kappa shape index (κ1) is 13.9. The van der Waals surface area contributed by atoms with Gasteiger partial charge in [-0.05, 0) is 48.4 Å². The number of hydrogen-bond donors (Lipinski definition) is 1. The van der Waals surface area contributed by atoms with Gasteiger partial charge >= 0.3 is 0 Å². The Bertz CT molecular complexity index is 454. The summed E-state index contributed by atoms with van der Waals surface area (Å²) in [6.07, 6.45) is 3.33. The molecule has 0 saturated heterocycles. The van der Waals surface area contributed by atoms with E-state index in [9.17, 15) is 4.79 Å². The highest BCUT2D eigenvalue weighted by Crippen LogP contribution is 2.37. The van der Waals surface area contributed by atoms with Crippen molar-refractivity contribution in [3.8, 4) is 5.75 Å². The van der Waals surface area contributed by atoms with Crippen molar-refractivity contribution < 1.29 is 9.53 Å². The van der Waals surface area contributed by atoms with Gasteiger partial charge in [0.1, 0.15) is 5.75 Å². The SMILES string of the molecule is COc1ccc2c(c1)C(CCNC(=O)C(C)C)CC2. The number of rotatable bonds is 5. The molecule has 1 unspecified atom stereocenters. The van der Waals surface area contributed by atoms with E-state index in [2.05, 4.69) is 17.4 Å². The number of amides is 1. The van der Waals surface area contributed by atoms with Crippen molar-refractivity contribution in [2.45, 2.75) is 39.0 Å². The van der Waals surface area contributed by atoms with E-state index in [-0.39, 0.29) is 11.8 Å². The molecule has 0 spiro atoms. The molecule has 0 bridgehead atoms. The van der Waals surface area contributed by atoms with Crippen molar-refractivity contribution in [2.75, 3.05) is 13.7 Å². The van der Waals surface area contributed by atoms with E-state index >= 15 is 0 Å². The van der Waals surface area contributed by atoms with Crippen LogP contribution in [0.15, 0.2) is 18.2 Å². The zero-order valence-electron chi connectivity index (χ0n) is 12.0. The molecule has 0 saturated carbocycles. The molecule has 3 heteroatoms. The maximum Gasteiger partial charge on any atom is 0.222 e. The molecule has 1 amide bonds. The average Bonchev–Trinajstić information content (AvgIpc) is 2.81. The summed E-state index contributed by atoms with van der Waals surface area (Å²) in [5.41, 5.74) is 2.83. The summed E-state index contributed by atoms with van der Waals surface area (Å²) < 4.78 is 5.29. The van der Waals surface area contributed by atoms with Crippen molar-refractivity contribution in [1.82, 2.24) is 5.32 Å². The van der Waals surface area contributed by atoms with E-state index < -0.39 is 0 Å². The lowest BCUT2D eigenvalue weighted by molar-refractivity contribution is -0.123. The second kappa shape index (κ2) is 6.09. The highest BCUT2D eigenvalue weighted by atomic mass is 16.5. The molecule has 0 aromatic heterocycles. The van der Waals surface area contributed by atoms with Crippen LogP contribution in [0.4, 0.5) is 0 Å². The molecule has 0 heterocycles. The molecule has 0 aliphatic heterocycles. The number of carbonyl (C=O) groups is 1. The summed E-state index contributed by atoms with van der Waals surface area (Å²) in [5, 5.41) is 3.00. The summed E-state index contributed by atoms with van der Waals surface area (Å²) in [6.45, 7) is 4.61. The third-order valence-corrected chi connectivity index (χ3v) is 3.87. The van der Waals surface area contributed by atoms with Crippen molar-refractivity contribution in [3.63, 3.8) is 0 Å². The molecule has 3 nitrogen and oxygen atoms in total. The van der Waals surface area contributed by atoms with Crippen molar-refractivity contribution >= 4 is 5.91 Å². The van der Waals surface area contributed by atoms with Gasteiger partial charge in [0.25, 0.3) is 0 Å². The summed E-state index contributed by atoms with van der Waals surface area (Å²) >= 11 is 0. The number of hydrogen-bond acceptors (Lipinski definition) is 2. The minimum Gasteiger partial charge on any atom is -0.497 e. The third-order valence-electron chi connectivity index (χ3n) is 3.87. The molecule has 104 valence electrons. The Morgan fingerprint density at radius 2 is 2.26 bits per heavy atom. The maximum absolute atomic E-state index is 11.5. The quantitative estimate of drug-likeness (QED) is 0.885. The van der Waals surface area contributed by atoms with Crippen LogP contribution in [0.5, 0.6) is 5.75 Å². The van der Waals surface area contributed by atoms with E-state index in [1.54, 1.807) is 7.11 Å². The second-order valence-corrected chi connectivity index (χ2v) is 5.53. The van der Waals surface area contributed by atoms with Crippen LogP contribution in [0.2, 0.25) is 0 Å². The molecule has 2 rings (SSSR count). The Balaban J connectivity index is 1.93. The lowest BCUT2D eigenvalue weighted by atomic mass is 9.97. The van der Waals surface area contributed by atoms with Crippen molar-refractivity contribution in [3.05, 3.63) is 29.3 Å². The van der Waals surface area contributed by atoms with Crippen LogP contribution in [0.3, 0.4) is 0 Å². The number of aryl methyl sites for hydroxylation is 1. The Kier molecular flexibility index (Phi) is 4.46. The van der Waals surface area contributed by atoms with Crippen LogP contribution in [0.25, 0.3) is 0 Å². The standard InChI is InChI=1S/C16H23NO2/c1-11(2)16(18)17-9-8-13-5-4-12-6-7-14(19-3)10-15(12)13/h6-7,10-11,13H,4-5,8-9H2,1-3H3,(H,17,18). The average molecular weight is 261 g/mol. The van der Waals surface area contributed by atoms with Crippen molar-refractivity contribution in [1.29, 1.82) is 0 Å². The molecule has 1 N–H and O–H groups in total. The van der Waals surface area contributed by atoms with Crippen LogP contribution in [0, 0.1) is 5.92 Å². The fourth-order valence-corrected chi connectivity index (χ4v) is 2.67. The maximum atomic E-state index is 11.5. The van der Waals surface area contributed by atoms with Crippen LogP contribution in [-0.4, -0.2) is 19.6 Å². The van der Waals surface area contributed by atoms with Gasteiger partial charge in [-0.2, -0.15) is 0 Å². The normalized spacial score (nSPS) is 17.4. The van der Waals surface area contributed by atoms with Gasteiger partial charge in [-0.3, -0.25) is 4.79 Å². The Hall–Kier alpha value is -1.51. The second-order valence-electron chi connectivity index (χ2n) is 5.53. The van der Waals surface area contributed by atoms with Gasteiger partial charge in [-0.1, -0.05) is 19.9 Å². The zero-order chi connectivity index (χ0) is 13.8. The predicted octanol–water partition coefficient (Wildman–Crippen LogP) is 2.89. The van der Waals surface area contributed by atoms with E-state index in [0.717, 1.165) is 25.1 Å². The molecule has 1 atom stereocenters. The molecule has 0 radical (unpaired) electrons. The first-order chi connectivity index (χ1) is 9.11. The largest absolute Gasteiger partial charge is 0.497 e. The van der Waals surface area contributed by atoms with Crippen molar-refractivity contribution in [2.24, 2.45) is 5.92 Å². The van der Waals surface area contributed by atoms with E-state index in [1.807, 2.05) is 19.9 Å². The van der Waals surface area contributed by atoms with Crippen LogP contribution in [-0.2, 0) is 11.2 Å². The lowest BCUT2D eigenvalue weighted by Gasteiger charge is -2.14. The molecular formula is C16H23NO2.